The quantitative estimate of drug-likeness (QED) is 0.516. The van der Waals surface area contributed by atoms with Crippen molar-refractivity contribution in [3.63, 3.8) is 0 Å². The Bertz CT molecular complexity index is 1030. The topological polar surface area (TPSA) is 97.6 Å². The van der Waals surface area contributed by atoms with E-state index < -0.39 is 0 Å². The highest BCUT2D eigenvalue weighted by Crippen LogP contribution is 2.28. The third-order valence-electron chi connectivity index (χ3n) is 4.33. The number of carbonyl (C=O) groups is 2. The van der Waals surface area contributed by atoms with Gasteiger partial charge in [0.25, 0.3) is 5.24 Å². The predicted octanol–water partition coefficient (Wildman–Crippen LogP) is 4.48. The zero-order valence-corrected chi connectivity index (χ0v) is 18.4. The lowest BCUT2D eigenvalue weighted by Crippen LogP contribution is -2.17. The van der Waals surface area contributed by atoms with Crippen molar-refractivity contribution in [3.8, 4) is 17.1 Å². The third kappa shape index (κ3) is 6.32. The van der Waals surface area contributed by atoms with E-state index in [4.69, 9.17) is 9.26 Å². The van der Waals surface area contributed by atoms with E-state index in [0.29, 0.717) is 41.6 Å². The number of rotatable bonds is 8. The van der Waals surface area contributed by atoms with Gasteiger partial charge in [-0.2, -0.15) is 4.98 Å². The number of aryl methyl sites for hydroxylation is 1. The summed E-state index contributed by atoms with van der Waals surface area (Å²) in [6.45, 7) is 0. The summed E-state index contributed by atoms with van der Waals surface area (Å²) in [6.07, 6.45) is 1.34. The standard InChI is InChI=1S/C22H24N4O4S/c1-26(2)22(28)31-18-8-5-4-7-17(18)23-19(27)9-6-10-20-24-21(25-30-20)15-11-13-16(29-3)14-12-15/h4-5,7-8,11-14H,6,9-10H2,1-3H3,(H,23,27). The van der Waals surface area contributed by atoms with Gasteiger partial charge < -0.3 is 19.5 Å². The summed E-state index contributed by atoms with van der Waals surface area (Å²) >= 11 is 1.08. The Kier molecular flexibility index (Phi) is 7.66. The van der Waals surface area contributed by atoms with Crippen LogP contribution in [0.2, 0.25) is 0 Å². The molecule has 0 spiro atoms. The van der Waals surface area contributed by atoms with E-state index >= 15 is 0 Å². The van der Waals surface area contributed by atoms with Gasteiger partial charge in [0.1, 0.15) is 5.75 Å². The largest absolute Gasteiger partial charge is 0.497 e. The number of hydrogen-bond acceptors (Lipinski definition) is 7. The van der Waals surface area contributed by atoms with E-state index in [-0.39, 0.29) is 11.1 Å². The Morgan fingerprint density at radius 2 is 1.87 bits per heavy atom. The predicted molar refractivity (Wildman–Crippen MR) is 119 cm³/mol. The van der Waals surface area contributed by atoms with Gasteiger partial charge in [-0.3, -0.25) is 9.59 Å². The van der Waals surface area contributed by atoms with Crippen LogP contribution in [0, 0.1) is 0 Å². The number of amides is 2. The van der Waals surface area contributed by atoms with Crippen molar-refractivity contribution in [1.29, 1.82) is 0 Å². The maximum atomic E-state index is 12.4. The molecule has 1 heterocycles. The van der Waals surface area contributed by atoms with Crippen molar-refractivity contribution in [2.75, 3.05) is 26.5 Å². The second-order valence-corrected chi connectivity index (χ2v) is 7.89. The number of hydrogen-bond donors (Lipinski definition) is 1. The maximum Gasteiger partial charge on any atom is 0.286 e. The summed E-state index contributed by atoms with van der Waals surface area (Å²) < 4.78 is 10.4. The molecule has 0 aliphatic rings. The van der Waals surface area contributed by atoms with Gasteiger partial charge in [-0.15, -0.1) is 0 Å². The highest BCUT2D eigenvalue weighted by molar-refractivity contribution is 8.13. The first kappa shape index (κ1) is 22.4. The van der Waals surface area contributed by atoms with Crippen LogP contribution in [0.3, 0.4) is 0 Å². The van der Waals surface area contributed by atoms with Crippen LogP contribution in [0.5, 0.6) is 5.75 Å². The maximum absolute atomic E-state index is 12.4. The molecule has 0 radical (unpaired) electrons. The lowest BCUT2D eigenvalue weighted by atomic mass is 10.2. The molecule has 0 saturated carbocycles. The molecule has 0 bridgehead atoms. The highest BCUT2D eigenvalue weighted by Gasteiger charge is 2.13. The molecule has 0 fully saturated rings. The van der Waals surface area contributed by atoms with Gasteiger partial charge in [-0.1, -0.05) is 17.3 Å². The SMILES string of the molecule is COc1ccc(-c2noc(CCCC(=O)Nc3ccccc3SC(=O)N(C)C)n2)cc1. The molecule has 8 nitrogen and oxygen atoms in total. The van der Waals surface area contributed by atoms with Gasteiger partial charge in [0, 0.05) is 37.4 Å². The Hall–Kier alpha value is -3.33. The molecule has 3 rings (SSSR count). The van der Waals surface area contributed by atoms with E-state index in [1.54, 1.807) is 33.3 Å². The van der Waals surface area contributed by atoms with Gasteiger partial charge in [0.15, 0.2) is 0 Å². The number of methoxy groups -OCH3 is 1. The molecule has 3 aromatic rings. The number of nitrogens with one attached hydrogen (secondary N) is 1. The summed E-state index contributed by atoms with van der Waals surface area (Å²) in [5.74, 6) is 1.59. The van der Waals surface area contributed by atoms with Gasteiger partial charge >= 0.3 is 0 Å². The molecule has 1 aromatic heterocycles. The molecule has 0 unspecified atom stereocenters. The first-order chi connectivity index (χ1) is 15.0. The fourth-order valence-electron chi connectivity index (χ4n) is 2.67. The molecule has 31 heavy (non-hydrogen) atoms. The minimum Gasteiger partial charge on any atom is -0.497 e. The highest BCUT2D eigenvalue weighted by atomic mass is 32.2. The minimum atomic E-state index is -0.139. The van der Waals surface area contributed by atoms with E-state index in [2.05, 4.69) is 15.5 Å². The summed E-state index contributed by atoms with van der Waals surface area (Å²) in [4.78, 5) is 30.9. The number of aromatic nitrogens is 2. The van der Waals surface area contributed by atoms with Crippen LogP contribution in [0.4, 0.5) is 10.5 Å². The fraction of sp³-hybridized carbons (Fsp3) is 0.273. The summed E-state index contributed by atoms with van der Waals surface area (Å²) in [7, 11) is 4.99. The van der Waals surface area contributed by atoms with Crippen LogP contribution in [-0.4, -0.2) is 47.4 Å². The first-order valence-corrected chi connectivity index (χ1v) is 10.5. The van der Waals surface area contributed by atoms with Crippen molar-refractivity contribution in [2.24, 2.45) is 0 Å². The molecule has 162 valence electrons. The summed E-state index contributed by atoms with van der Waals surface area (Å²) in [5, 5.41) is 6.76. The van der Waals surface area contributed by atoms with E-state index in [1.165, 1.54) is 4.90 Å². The van der Waals surface area contributed by atoms with E-state index in [9.17, 15) is 9.59 Å². The third-order valence-corrected chi connectivity index (χ3v) is 5.45. The Labute approximate surface area is 185 Å². The van der Waals surface area contributed by atoms with Crippen molar-refractivity contribution in [3.05, 3.63) is 54.4 Å². The van der Waals surface area contributed by atoms with Crippen LogP contribution in [-0.2, 0) is 11.2 Å². The normalized spacial score (nSPS) is 10.5. The molecule has 0 aliphatic carbocycles. The van der Waals surface area contributed by atoms with E-state index in [0.717, 1.165) is 23.1 Å². The molecule has 2 amide bonds. The second-order valence-electron chi connectivity index (χ2n) is 6.90. The molecule has 9 heteroatoms. The van der Waals surface area contributed by atoms with Crippen molar-refractivity contribution >= 4 is 28.6 Å². The molecule has 0 saturated heterocycles. The number of thioether (sulfide) groups is 1. The van der Waals surface area contributed by atoms with Crippen LogP contribution < -0.4 is 10.1 Å². The number of anilines is 1. The smallest absolute Gasteiger partial charge is 0.286 e. The molecular weight excluding hydrogens is 416 g/mol. The molecular formula is C22H24N4O4S. The van der Waals surface area contributed by atoms with Crippen LogP contribution in [0.25, 0.3) is 11.4 Å². The number of benzene rings is 2. The summed E-state index contributed by atoms with van der Waals surface area (Å²) in [5.41, 5.74) is 1.45. The molecule has 1 N–H and O–H groups in total. The van der Waals surface area contributed by atoms with Crippen molar-refractivity contribution in [2.45, 2.75) is 24.2 Å². The van der Waals surface area contributed by atoms with Crippen molar-refractivity contribution in [1.82, 2.24) is 15.0 Å². The Morgan fingerprint density at radius 3 is 2.58 bits per heavy atom. The number of carbonyl (C=O) groups excluding carboxylic acids is 2. The van der Waals surface area contributed by atoms with Gasteiger partial charge in [0.2, 0.25) is 17.6 Å². The van der Waals surface area contributed by atoms with Crippen LogP contribution >= 0.6 is 11.8 Å². The zero-order chi connectivity index (χ0) is 22.2. The fourth-order valence-corrected chi connectivity index (χ4v) is 3.42. The van der Waals surface area contributed by atoms with Gasteiger partial charge in [-0.05, 0) is 54.6 Å². The zero-order valence-electron chi connectivity index (χ0n) is 17.6. The molecule has 0 atom stereocenters. The Balaban J connectivity index is 1.51. The lowest BCUT2D eigenvalue weighted by Gasteiger charge is -2.13. The summed E-state index contributed by atoms with van der Waals surface area (Å²) in [6, 6.07) is 14.6. The molecule has 0 aliphatic heterocycles. The first-order valence-electron chi connectivity index (χ1n) is 9.71. The Morgan fingerprint density at radius 1 is 1.13 bits per heavy atom. The van der Waals surface area contributed by atoms with Gasteiger partial charge in [0.05, 0.1) is 12.8 Å². The number of para-hydroxylation sites is 1. The average molecular weight is 441 g/mol. The van der Waals surface area contributed by atoms with Crippen molar-refractivity contribution < 1.29 is 18.8 Å². The minimum absolute atomic E-state index is 0.106. The van der Waals surface area contributed by atoms with Crippen LogP contribution in [0.1, 0.15) is 18.7 Å². The van der Waals surface area contributed by atoms with Crippen LogP contribution in [0.15, 0.2) is 57.9 Å². The monoisotopic (exact) mass is 440 g/mol. The lowest BCUT2D eigenvalue weighted by molar-refractivity contribution is -0.116. The van der Waals surface area contributed by atoms with E-state index in [1.807, 2.05) is 36.4 Å². The second kappa shape index (κ2) is 10.6. The van der Waals surface area contributed by atoms with Gasteiger partial charge in [-0.25, -0.2) is 0 Å². The number of ether oxygens (including phenoxy) is 1. The average Bonchev–Trinajstić information content (AvgIpc) is 3.24. The number of nitrogens with zero attached hydrogens (tertiary/aromatic N) is 3. The molecule has 2 aromatic carbocycles.